The van der Waals surface area contributed by atoms with Gasteiger partial charge in [-0.05, 0) is 35.9 Å². The van der Waals surface area contributed by atoms with Gasteiger partial charge in [0.25, 0.3) is 11.5 Å². The Bertz CT molecular complexity index is 1050. The molecule has 8 heteroatoms. The summed E-state index contributed by atoms with van der Waals surface area (Å²) in [7, 11) is 0. The van der Waals surface area contributed by atoms with E-state index in [0.29, 0.717) is 11.5 Å². The smallest absolute Gasteiger partial charge is 0.271 e. The zero-order valence-corrected chi connectivity index (χ0v) is 14.0. The number of pyridine rings is 2. The van der Waals surface area contributed by atoms with E-state index in [1.807, 2.05) is 0 Å². The van der Waals surface area contributed by atoms with Crippen molar-refractivity contribution in [3.05, 3.63) is 69.9 Å². The van der Waals surface area contributed by atoms with E-state index in [0.717, 1.165) is 11.1 Å². The molecule has 0 saturated heterocycles. The largest absolute Gasteiger partial charge is 0.454 e. The van der Waals surface area contributed by atoms with E-state index in [2.05, 4.69) is 15.3 Å². The lowest BCUT2D eigenvalue weighted by Gasteiger charge is -2.09. The summed E-state index contributed by atoms with van der Waals surface area (Å²) in [6.45, 7) is 0.0494. The SMILES string of the molecule is O=C(Nc1cc(-c2ccncc2)c[nH]c1=O)c1ccc2c(c1Cl)OCO2. The predicted molar refractivity (Wildman–Crippen MR) is 95.8 cm³/mol. The molecule has 3 heterocycles. The van der Waals surface area contributed by atoms with Gasteiger partial charge in [-0.15, -0.1) is 0 Å². The van der Waals surface area contributed by atoms with Crippen LogP contribution in [-0.2, 0) is 0 Å². The molecule has 2 aromatic heterocycles. The molecule has 26 heavy (non-hydrogen) atoms. The Kier molecular flexibility index (Phi) is 4.06. The number of ether oxygens (including phenoxy) is 2. The molecule has 0 radical (unpaired) electrons. The zero-order chi connectivity index (χ0) is 18.1. The van der Waals surface area contributed by atoms with Gasteiger partial charge >= 0.3 is 0 Å². The summed E-state index contributed by atoms with van der Waals surface area (Å²) in [4.78, 5) is 31.2. The van der Waals surface area contributed by atoms with Crippen LogP contribution in [-0.4, -0.2) is 22.7 Å². The third kappa shape index (κ3) is 2.89. The maximum atomic E-state index is 12.6. The molecule has 1 aliphatic heterocycles. The van der Waals surface area contributed by atoms with Crippen LogP contribution in [0.3, 0.4) is 0 Å². The number of fused-ring (bicyclic) bond motifs is 1. The van der Waals surface area contributed by atoms with Gasteiger partial charge in [-0.2, -0.15) is 0 Å². The summed E-state index contributed by atoms with van der Waals surface area (Å²) < 4.78 is 10.5. The highest BCUT2D eigenvalue weighted by Crippen LogP contribution is 2.40. The molecule has 0 atom stereocenters. The Balaban J connectivity index is 1.65. The van der Waals surface area contributed by atoms with E-state index < -0.39 is 11.5 Å². The molecule has 0 bridgehead atoms. The van der Waals surface area contributed by atoms with Crippen molar-refractivity contribution in [1.29, 1.82) is 0 Å². The van der Waals surface area contributed by atoms with Crippen molar-refractivity contribution in [2.45, 2.75) is 0 Å². The quantitative estimate of drug-likeness (QED) is 0.740. The van der Waals surface area contributed by atoms with Crippen LogP contribution < -0.4 is 20.3 Å². The number of benzene rings is 1. The van der Waals surface area contributed by atoms with Gasteiger partial charge < -0.3 is 19.8 Å². The second-order valence-corrected chi connectivity index (χ2v) is 5.86. The monoisotopic (exact) mass is 369 g/mol. The zero-order valence-electron chi connectivity index (χ0n) is 13.3. The summed E-state index contributed by atoms with van der Waals surface area (Å²) in [5.41, 5.74) is 1.46. The highest BCUT2D eigenvalue weighted by Gasteiger charge is 2.23. The second kappa shape index (κ2) is 6.53. The third-order valence-corrected chi connectivity index (χ3v) is 4.26. The van der Waals surface area contributed by atoms with Gasteiger partial charge in [0, 0.05) is 24.2 Å². The van der Waals surface area contributed by atoms with Gasteiger partial charge in [-0.25, -0.2) is 0 Å². The Morgan fingerprint density at radius 2 is 1.96 bits per heavy atom. The average molecular weight is 370 g/mol. The number of H-pyrrole nitrogens is 1. The Morgan fingerprint density at radius 1 is 1.15 bits per heavy atom. The van der Waals surface area contributed by atoms with E-state index in [1.54, 1.807) is 42.9 Å². The fraction of sp³-hybridized carbons (Fsp3) is 0.0556. The first-order valence-electron chi connectivity index (χ1n) is 7.66. The number of carbonyl (C=O) groups is 1. The molecule has 1 aliphatic rings. The van der Waals surface area contributed by atoms with Crippen LogP contribution in [0.5, 0.6) is 11.5 Å². The van der Waals surface area contributed by atoms with Crippen molar-refractivity contribution in [3.63, 3.8) is 0 Å². The molecule has 0 spiro atoms. The Morgan fingerprint density at radius 3 is 2.77 bits per heavy atom. The van der Waals surface area contributed by atoms with Crippen LogP contribution in [0.25, 0.3) is 11.1 Å². The number of nitrogens with one attached hydrogen (secondary N) is 2. The van der Waals surface area contributed by atoms with E-state index in [9.17, 15) is 9.59 Å². The van der Waals surface area contributed by atoms with Gasteiger partial charge in [0.1, 0.15) is 5.69 Å². The molecule has 3 aromatic rings. The number of rotatable bonds is 3. The van der Waals surface area contributed by atoms with Crippen molar-refractivity contribution in [2.75, 3.05) is 12.1 Å². The van der Waals surface area contributed by atoms with Gasteiger partial charge in [0.05, 0.1) is 10.6 Å². The van der Waals surface area contributed by atoms with Crippen molar-refractivity contribution in [1.82, 2.24) is 9.97 Å². The fourth-order valence-electron chi connectivity index (χ4n) is 2.59. The first-order valence-corrected chi connectivity index (χ1v) is 8.04. The number of nitrogens with zero attached hydrogens (tertiary/aromatic N) is 1. The summed E-state index contributed by atoms with van der Waals surface area (Å²) in [5, 5.41) is 2.73. The molecule has 7 nitrogen and oxygen atoms in total. The lowest BCUT2D eigenvalue weighted by molar-refractivity contribution is 0.102. The first-order chi connectivity index (χ1) is 12.6. The molecule has 1 aromatic carbocycles. The minimum Gasteiger partial charge on any atom is -0.454 e. The van der Waals surface area contributed by atoms with E-state index in [4.69, 9.17) is 21.1 Å². The summed E-state index contributed by atoms with van der Waals surface area (Å²) >= 11 is 6.22. The minimum atomic E-state index is -0.523. The van der Waals surface area contributed by atoms with Gasteiger partial charge in [-0.1, -0.05) is 11.6 Å². The number of aromatic nitrogens is 2. The molecule has 130 valence electrons. The highest BCUT2D eigenvalue weighted by molar-refractivity contribution is 6.36. The number of hydrogen-bond donors (Lipinski definition) is 2. The van der Waals surface area contributed by atoms with Crippen molar-refractivity contribution < 1.29 is 14.3 Å². The molecule has 0 unspecified atom stereocenters. The molecule has 1 amide bonds. The van der Waals surface area contributed by atoms with Gasteiger partial charge in [-0.3, -0.25) is 14.6 Å². The van der Waals surface area contributed by atoms with Crippen LogP contribution >= 0.6 is 11.6 Å². The highest BCUT2D eigenvalue weighted by atomic mass is 35.5. The minimum absolute atomic E-state index is 0.0494. The van der Waals surface area contributed by atoms with E-state index >= 15 is 0 Å². The first kappa shape index (κ1) is 16.2. The standard InChI is InChI=1S/C18H12ClN3O4/c19-15-12(1-2-14-16(15)26-9-25-14)17(23)22-13-7-11(8-21-18(13)24)10-3-5-20-6-4-10/h1-8H,9H2,(H,21,24)(H,22,23). The normalized spacial score (nSPS) is 12.0. The van der Waals surface area contributed by atoms with Gasteiger partial charge in [0.15, 0.2) is 11.5 Å². The maximum Gasteiger partial charge on any atom is 0.271 e. The number of amides is 1. The molecule has 2 N–H and O–H groups in total. The number of anilines is 1. The lowest BCUT2D eigenvalue weighted by Crippen LogP contribution is -2.20. The number of carbonyl (C=O) groups excluding carboxylic acids is 1. The molecule has 0 fully saturated rings. The average Bonchev–Trinajstić information content (AvgIpc) is 3.14. The molecular formula is C18H12ClN3O4. The lowest BCUT2D eigenvalue weighted by atomic mass is 10.1. The van der Waals surface area contributed by atoms with Crippen molar-refractivity contribution in [3.8, 4) is 22.6 Å². The topological polar surface area (TPSA) is 93.3 Å². The number of hydrogen-bond acceptors (Lipinski definition) is 5. The van der Waals surface area contributed by atoms with Gasteiger partial charge in [0.2, 0.25) is 6.79 Å². The molecule has 4 rings (SSSR count). The summed E-state index contributed by atoms with van der Waals surface area (Å²) in [6.07, 6.45) is 4.86. The summed E-state index contributed by atoms with van der Waals surface area (Å²) in [5.74, 6) is 0.272. The molecular weight excluding hydrogens is 358 g/mol. The fourth-order valence-corrected chi connectivity index (χ4v) is 2.89. The second-order valence-electron chi connectivity index (χ2n) is 5.48. The van der Waals surface area contributed by atoms with Crippen LogP contribution in [0.2, 0.25) is 5.02 Å². The van der Waals surface area contributed by atoms with E-state index in [-0.39, 0.29) is 23.1 Å². The van der Waals surface area contributed by atoms with Crippen molar-refractivity contribution >= 4 is 23.2 Å². The van der Waals surface area contributed by atoms with Crippen LogP contribution in [0.4, 0.5) is 5.69 Å². The number of halogens is 1. The van der Waals surface area contributed by atoms with Crippen molar-refractivity contribution in [2.24, 2.45) is 0 Å². The Hall–Kier alpha value is -3.32. The third-order valence-electron chi connectivity index (χ3n) is 3.89. The van der Waals surface area contributed by atoms with E-state index in [1.165, 1.54) is 6.07 Å². The summed E-state index contributed by atoms with van der Waals surface area (Å²) in [6, 6.07) is 8.31. The maximum absolute atomic E-state index is 12.6. The predicted octanol–water partition coefficient (Wildman–Crippen LogP) is 3.07. The molecule has 0 aliphatic carbocycles. The van der Waals surface area contributed by atoms with Crippen LogP contribution in [0.1, 0.15) is 10.4 Å². The number of aromatic amines is 1. The molecule has 0 saturated carbocycles. The van der Waals surface area contributed by atoms with Crippen LogP contribution in [0, 0.1) is 0 Å². The van der Waals surface area contributed by atoms with Crippen LogP contribution in [0.15, 0.2) is 53.7 Å². The Labute approximate surface area is 152 Å².